The molecule has 1 aliphatic heterocycles. The summed E-state index contributed by atoms with van der Waals surface area (Å²) >= 11 is 5.27. The van der Waals surface area contributed by atoms with Gasteiger partial charge in [-0.2, -0.15) is 0 Å². The van der Waals surface area contributed by atoms with E-state index < -0.39 is 0 Å². The number of hydrogen-bond donors (Lipinski definition) is 1. The van der Waals surface area contributed by atoms with Crippen molar-refractivity contribution in [3.8, 4) is 0 Å². The average molecular weight is 351 g/mol. The van der Waals surface area contributed by atoms with Crippen molar-refractivity contribution in [1.29, 1.82) is 0 Å². The second kappa shape index (κ2) is 6.74. The lowest BCUT2D eigenvalue weighted by Crippen LogP contribution is -2.18. The number of hydrogen-bond acceptors (Lipinski definition) is 3. The topological polar surface area (TPSA) is 15.3 Å². The number of rotatable bonds is 5. The molecule has 0 bridgehead atoms. The third-order valence-electron chi connectivity index (χ3n) is 3.65. The number of thiophene rings is 1. The standard InChI is InChI=1S/C16H19BrN2S/c17-16-8-7-15(20-16)11-18-14-5-3-13(4-6-14)12-19-9-1-2-10-19/h3-8,18H,1-2,9-12H2. The van der Waals surface area contributed by atoms with Gasteiger partial charge in [0.05, 0.1) is 3.79 Å². The molecule has 0 radical (unpaired) electrons. The molecule has 2 aromatic rings. The fourth-order valence-electron chi connectivity index (χ4n) is 2.56. The third-order valence-corrected chi connectivity index (χ3v) is 5.28. The Kier molecular flexibility index (Phi) is 4.76. The molecule has 0 aliphatic carbocycles. The van der Waals surface area contributed by atoms with Crippen molar-refractivity contribution in [2.45, 2.75) is 25.9 Å². The largest absolute Gasteiger partial charge is 0.380 e. The Labute approximate surface area is 132 Å². The fraction of sp³-hybridized carbons (Fsp3) is 0.375. The predicted octanol–water partition coefficient (Wildman–Crippen LogP) is 4.72. The molecule has 106 valence electrons. The summed E-state index contributed by atoms with van der Waals surface area (Å²) in [4.78, 5) is 3.88. The summed E-state index contributed by atoms with van der Waals surface area (Å²) < 4.78 is 1.19. The molecule has 20 heavy (non-hydrogen) atoms. The van der Waals surface area contributed by atoms with Crippen LogP contribution in [0.25, 0.3) is 0 Å². The van der Waals surface area contributed by atoms with Crippen LogP contribution >= 0.6 is 27.3 Å². The average Bonchev–Trinajstić information content (AvgIpc) is 3.10. The second-order valence-electron chi connectivity index (χ2n) is 5.24. The number of halogens is 1. The second-order valence-corrected chi connectivity index (χ2v) is 7.79. The quantitative estimate of drug-likeness (QED) is 0.839. The molecule has 0 saturated carbocycles. The highest BCUT2D eigenvalue weighted by Crippen LogP contribution is 2.23. The molecular formula is C16H19BrN2S. The first kappa shape index (κ1) is 14.1. The van der Waals surface area contributed by atoms with Crippen molar-refractivity contribution in [3.05, 3.63) is 50.6 Å². The minimum absolute atomic E-state index is 0.891. The highest BCUT2D eigenvalue weighted by Gasteiger charge is 2.11. The maximum absolute atomic E-state index is 3.50. The minimum atomic E-state index is 0.891. The van der Waals surface area contributed by atoms with Crippen LogP contribution in [0, 0.1) is 0 Å². The lowest BCUT2D eigenvalue weighted by Gasteiger charge is -2.14. The highest BCUT2D eigenvalue weighted by atomic mass is 79.9. The third kappa shape index (κ3) is 3.84. The summed E-state index contributed by atoms with van der Waals surface area (Å²) in [6.07, 6.45) is 2.71. The number of anilines is 1. The monoisotopic (exact) mass is 350 g/mol. The summed E-state index contributed by atoms with van der Waals surface area (Å²) in [5.41, 5.74) is 2.61. The van der Waals surface area contributed by atoms with Crippen molar-refractivity contribution in [2.75, 3.05) is 18.4 Å². The van der Waals surface area contributed by atoms with Crippen LogP contribution in [0.1, 0.15) is 23.3 Å². The smallest absolute Gasteiger partial charge is 0.0702 e. The van der Waals surface area contributed by atoms with Crippen LogP contribution in [-0.4, -0.2) is 18.0 Å². The summed E-state index contributed by atoms with van der Waals surface area (Å²) in [6, 6.07) is 13.1. The Morgan fingerprint density at radius 2 is 1.80 bits per heavy atom. The maximum Gasteiger partial charge on any atom is 0.0702 e. The summed E-state index contributed by atoms with van der Waals surface area (Å²) in [6.45, 7) is 4.50. The van der Waals surface area contributed by atoms with Crippen molar-refractivity contribution in [1.82, 2.24) is 4.90 Å². The van der Waals surface area contributed by atoms with Crippen molar-refractivity contribution >= 4 is 33.0 Å². The molecule has 0 amide bonds. The first-order chi connectivity index (χ1) is 9.79. The number of benzene rings is 1. The van der Waals surface area contributed by atoms with Crippen LogP contribution in [0.15, 0.2) is 40.2 Å². The molecule has 4 heteroatoms. The van der Waals surface area contributed by atoms with Crippen LogP contribution in [0.5, 0.6) is 0 Å². The number of likely N-dealkylation sites (tertiary alicyclic amines) is 1. The lowest BCUT2D eigenvalue weighted by atomic mass is 10.2. The lowest BCUT2D eigenvalue weighted by molar-refractivity contribution is 0.331. The van der Waals surface area contributed by atoms with E-state index in [2.05, 4.69) is 62.5 Å². The zero-order valence-electron chi connectivity index (χ0n) is 11.4. The van der Waals surface area contributed by atoms with E-state index in [1.807, 2.05) is 0 Å². The van der Waals surface area contributed by atoms with Crippen molar-refractivity contribution in [2.24, 2.45) is 0 Å². The van der Waals surface area contributed by atoms with E-state index >= 15 is 0 Å². The van der Waals surface area contributed by atoms with Crippen LogP contribution in [0.4, 0.5) is 5.69 Å². The van der Waals surface area contributed by atoms with Gasteiger partial charge in [-0.25, -0.2) is 0 Å². The van der Waals surface area contributed by atoms with Gasteiger partial charge in [0.2, 0.25) is 0 Å². The van der Waals surface area contributed by atoms with Gasteiger partial charge in [-0.3, -0.25) is 4.90 Å². The Balaban J connectivity index is 1.52. The number of nitrogens with one attached hydrogen (secondary N) is 1. The van der Waals surface area contributed by atoms with Gasteiger partial charge in [0.25, 0.3) is 0 Å². The molecule has 1 aliphatic rings. The zero-order chi connectivity index (χ0) is 13.8. The molecule has 1 fully saturated rings. The molecule has 1 saturated heterocycles. The molecule has 1 N–H and O–H groups in total. The Hall–Kier alpha value is -0.840. The van der Waals surface area contributed by atoms with E-state index in [0.717, 1.165) is 13.1 Å². The summed E-state index contributed by atoms with van der Waals surface area (Å²) in [5, 5.41) is 3.47. The summed E-state index contributed by atoms with van der Waals surface area (Å²) in [7, 11) is 0. The normalized spacial score (nSPS) is 15.7. The maximum atomic E-state index is 3.50. The van der Waals surface area contributed by atoms with Gasteiger partial charge in [0.1, 0.15) is 0 Å². The van der Waals surface area contributed by atoms with Gasteiger partial charge in [0, 0.05) is 23.7 Å². The van der Waals surface area contributed by atoms with E-state index in [0.29, 0.717) is 0 Å². The highest BCUT2D eigenvalue weighted by molar-refractivity contribution is 9.11. The van der Waals surface area contributed by atoms with E-state index in [-0.39, 0.29) is 0 Å². The fourth-order valence-corrected chi connectivity index (χ4v) is 3.99. The van der Waals surface area contributed by atoms with Gasteiger partial charge >= 0.3 is 0 Å². The van der Waals surface area contributed by atoms with E-state index in [1.165, 1.54) is 45.8 Å². The van der Waals surface area contributed by atoms with E-state index in [4.69, 9.17) is 0 Å². The Morgan fingerprint density at radius 3 is 2.45 bits per heavy atom. The van der Waals surface area contributed by atoms with Gasteiger partial charge < -0.3 is 5.32 Å². The molecule has 2 nitrogen and oxygen atoms in total. The van der Waals surface area contributed by atoms with Gasteiger partial charge in [-0.15, -0.1) is 11.3 Å². The molecule has 0 spiro atoms. The van der Waals surface area contributed by atoms with Crippen LogP contribution in [-0.2, 0) is 13.1 Å². The molecule has 0 atom stereocenters. The van der Waals surface area contributed by atoms with E-state index in [9.17, 15) is 0 Å². The van der Waals surface area contributed by atoms with Gasteiger partial charge in [0.15, 0.2) is 0 Å². The van der Waals surface area contributed by atoms with Crippen molar-refractivity contribution < 1.29 is 0 Å². The summed E-state index contributed by atoms with van der Waals surface area (Å²) in [5.74, 6) is 0. The zero-order valence-corrected chi connectivity index (χ0v) is 13.8. The predicted molar refractivity (Wildman–Crippen MR) is 90.3 cm³/mol. The first-order valence-electron chi connectivity index (χ1n) is 7.09. The SMILES string of the molecule is Brc1ccc(CNc2ccc(CN3CCCC3)cc2)s1. The molecule has 1 aromatic carbocycles. The van der Waals surface area contributed by atoms with E-state index in [1.54, 1.807) is 11.3 Å². The molecule has 2 heterocycles. The molecule has 1 aromatic heterocycles. The first-order valence-corrected chi connectivity index (χ1v) is 8.70. The van der Waals surface area contributed by atoms with Crippen LogP contribution in [0.3, 0.4) is 0 Å². The molecule has 0 unspecified atom stereocenters. The number of nitrogens with zero attached hydrogens (tertiary/aromatic N) is 1. The minimum Gasteiger partial charge on any atom is -0.380 e. The van der Waals surface area contributed by atoms with Crippen molar-refractivity contribution in [3.63, 3.8) is 0 Å². The Morgan fingerprint density at radius 1 is 1.05 bits per heavy atom. The van der Waals surface area contributed by atoms with Gasteiger partial charge in [-0.05, 0) is 71.7 Å². The van der Waals surface area contributed by atoms with Crippen LogP contribution < -0.4 is 5.32 Å². The molecule has 3 rings (SSSR count). The van der Waals surface area contributed by atoms with Gasteiger partial charge in [-0.1, -0.05) is 12.1 Å². The van der Waals surface area contributed by atoms with Crippen LogP contribution in [0.2, 0.25) is 0 Å². The molecular weight excluding hydrogens is 332 g/mol. The Bertz CT molecular complexity index is 544.